The Morgan fingerprint density at radius 3 is 2.76 bits per heavy atom. The van der Waals surface area contributed by atoms with E-state index in [1.54, 1.807) is 18.2 Å². The summed E-state index contributed by atoms with van der Waals surface area (Å²) in [6.07, 6.45) is 2.13. The molecule has 0 atom stereocenters. The molecule has 2 nitrogen and oxygen atoms in total. The Morgan fingerprint density at radius 1 is 1.47 bits per heavy atom. The number of nitrogens with one attached hydrogen (secondary N) is 1. The molecule has 1 amide bonds. The maximum atomic E-state index is 11.8. The van der Waals surface area contributed by atoms with Crippen LogP contribution in [-0.2, 0) is 0 Å². The fourth-order valence-corrected chi connectivity index (χ4v) is 1.88. The van der Waals surface area contributed by atoms with Crippen LogP contribution in [0.15, 0.2) is 22.7 Å². The monoisotopic (exact) mass is 317 g/mol. The van der Waals surface area contributed by atoms with Gasteiger partial charge in [0.15, 0.2) is 0 Å². The van der Waals surface area contributed by atoms with Crippen LogP contribution in [0.4, 0.5) is 0 Å². The van der Waals surface area contributed by atoms with Crippen LogP contribution in [0.1, 0.15) is 37.0 Å². The normalized spacial score (nSPS) is 10.6. The van der Waals surface area contributed by atoms with Gasteiger partial charge in [-0.1, -0.05) is 25.4 Å². The summed E-state index contributed by atoms with van der Waals surface area (Å²) in [6, 6.07) is 5.21. The van der Waals surface area contributed by atoms with Crippen LogP contribution in [0, 0.1) is 5.92 Å². The first-order chi connectivity index (χ1) is 8.00. The summed E-state index contributed by atoms with van der Waals surface area (Å²) in [5, 5.41) is 3.44. The number of carbonyl (C=O) groups is 1. The van der Waals surface area contributed by atoms with E-state index in [9.17, 15) is 4.79 Å². The van der Waals surface area contributed by atoms with Crippen LogP contribution in [0.2, 0.25) is 5.02 Å². The standard InChI is InChI=1S/C13H17BrClNO/c1-9(2)4-3-7-16-13(17)10-5-6-11(14)12(15)8-10/h5-6,8-9H,3-4,7H2,1-2H3,(H,16,17). The summed E-state index contributed by atoms with van der Waals surface area (Å²) in [4.78, 5) is 11.8. The van der Waals surface area contributed by atoms with E-state index in [0.29, 0.717) is 23.0 Å². The van der Waals surface area contributed by atoms with Crippen molar-refractivity contribution in [2.24, 2.45) is 5.92 Å². The Bertz CT molecular complexity index is 393. The van der Waals surface area contributed by atoms with Gasteiger partial charge >= 0.3 is 0 Å². The Labute approximate surface area is 116 Å². The Balaban J connectivity index is 2.44. The van der Waals surface area contributed by atoms with E-state index in [-0.39, 0.29) is 5.91 Å². The summed E-state index contributed by atoms with van der Waals surface area (Å²) in [5.41, 5.74) is 0.600. The van der Waals surface area contributed by atoms with E-state index in [1.165, 1.54) is 0 Å². The topological polar surface area (TPSA) is 29.1 Å². The lowest BCUT2D eigenvalue weighted by Gasteiger charge is -2.07. The predicted octanol–water partition coefficient (Wildman–Crippen LogP) is 4.27. The van der Waals surface area contributed by atoms with E-state index < -0.39 is 0 Å². The average molecular weight is 319 g/mol. The minimum absolute atomic E-state index is 0.0665. The number of halogens is 2. The van der Waals surface area contributed by atoms with Crippen molar-refractivity contribution in [3.05, 3.63) is 33.3 Å². The summed E-state index contributed by atoms with van der Waals surface area (Å²) in [5.74, 6) is 0.609. The van der Waals surface area contributed by atoms with Crippen molar-refractivity contribution in [2.75, 3.05) is 6.54 Å². The van der Waals surface area contributed by atoms with Crippen LogP contribution < -0.4 is 5.32 Å². The molecule has 4 heteroatoms. The van der Waals surface area contributed by atoms with Gasteiger partial charge in [0.2, 0.25) is 0 Å². The van der Waals surface area contributed by atoms with Gasteiger partial charge in [-0.2, -0.15) is 0 Å². The van der Waals surface area contributed by atoms with Crippen molar-refractivity contribution < 1.29 is 4.79 Å². The smallest absolute Gasteiger partial charge is 0.251 e. The molecule has 1 aromatic carbocycles. The summed E-state index contributed by atoms with van der Waals surface area (Å²) >= 11 is 9.23. The first-order valence-electron chi connectivity index (χ1n) is 5.74. The molecule has 0 bridgehead atoms. The van der Waals surface area contributed by atoms with Crippen molar-refractivity contribution >= 4 is 33.4 Å². The molecule has 0 saturated heterocycles. The molecule has 0 heterocycles. The molecule has 0 saturated carbocycles. The minimum Gasteiger partial charge on any atom is -0.352 e. The number of hydrogen-bond acceptors (Lipinski definition) is 1. The first kappa shape index (κ1) is 14.5. The highest BCUT2D eigenvalue weighted by atomic mass is 79.9. The summed E-state index contributed by atoms with van der Waals surface area (Å²) in [6.45, 7) is 5.07. The largest absolute Gasteiger partial charge is 0.352 e. The molecular weight excluding hydrogens is 302 g/mol. The third kappa shape index (κ3) is 5.09. The van der Waals surface area contributed by atoms with E-state index in [2.05, 4.69) is 35.1 Å². The Hall–Kier alpha value is -0.540. The van der Waals surface area contributed by atoms with Crippen molar-refractivity contribution in [1.29, 1.82) is 0 Å². The van der Waals surface area contributed by atoms with E-state index >= 15 is 0 Å². The average Bonchev–Trinajstić information content (AvgIpc) is 2.27. The molecule has 1 aromatic rings. The van der Waals surface area contributed by atoms with Crippen molar-refractivity contribution in [2.45, 2.75) is 26.7 Å². The van der Waals surface area contributed by atoms with Gasteiger partial charge in [-0.25, -0.2) is 0 Å². The second-order valence-corrected chi connectivity index (χ2v) is 5.68. The lowest BCUT2D eigenvalue weighted by molar-refractivity contribution is 0.0952. The third-order valence-electron chi connectivity index (χ3n) is 2.43. The molecule has 0 spiro atoms. The van der Waals surface area contributed by atoms with E-state index in [0.717, 1.165) is 17.3 Å². The highest BCUT2D eigenvalue weighted by Crippen LogP contribution is 2.23. The summed E-state index contributed by atoms with van der Waals surface area (Å²) < 4.78 is 0.801. The van der Waals surface area contributed by atoms with Gasteiger partial charge in [0, 0.05) is 16.6 Å². The highest BCUT2D eigenvalue weighted by molar-refractivity contribution is 9.10. The maximum Gasteiger partial charge on any atom is 0.251 e. The third-order valence-corrected chi connectivity index (χ3v) is 3.66. The zero-order chi connectivity index (χ0) is 12.8. The Morgan fingerprint density at radius 2 is 2.18 bits per heavy atom. The highest BCUT2D eigenvalue weighted by Gasteiger charge is 2.07. The van der Waals surface area contributed by atoms with Crippen LogP contribution in [-0.4, -0.2) is 12.5 Å². The second kappa shape index (κ2) is 7.02. The van der Waals surface area contributed by atoms with Gasteiger partial charge in [0.1, 0.15) is 0 Å². The molecule has 0 aliphatic carbocycles. The fraction of sp³-hybridized carbons (Fsp3) is 0.462. The molecular formula is C13H17BrClNO. The molecule has 0 aliphatic rings. The zero-order valence-corrected chi connectivity index (χ0v) is 12.4. The molecule has 0 radical (unpaired) electrons. The zero-order valence-electron chi connectivity index (χ0n) is 10.1. The first-order valence-corrected chi connectivity index (χ1v) is 6.91. The number of carbonyl (C=O) groups excluding carboxylic acids is 1. The van der Waals surface area contributed by atoms with Gasteiger partial charge in [-0.05, 0) is 52.9 Å². The van der Waals surface area contributed by atoms with Gasteiger partial charge in [-0.15, -0.1) is 0 Å². The SMILES string of the molecule is CC(C)CCCNC(=O)c1ccc(Br)c(Cl)c1. The lowest BCUT2D eigenvalue weighted by atomic mass is 10.1. The molecule has 1 N–H and O–H groups in total. The number of rotatable bonds is 5. The molecule has 1 rings (SSSR count). The van der Waals surface area contributed by atoms with Crippen LogP contribution >= 0.6 is 27.5 Å². The predicted molar refractivity (Wildman–Crippen MR) is 75.6 cm³/mol. The molecule has 94 valence electrons. The van der Waals surface area contributed by atoms with Crippen LogP contribution in [0.3, 0.4) is 0 Å². The van der Waals surface area contributed by atoms with Gasteiger partial charge in [0.05, 0.1) is 5.02 Å². The number of hydrogen-bond donors (Lipinski definition) is 1. The lowest BCUT2D eigenvalue weighted by Crippen LogP contribution is -2.24. The molecule has 0 aliphatic heterocycles. The van der Waals surface area contributed by atoms with Gasteiger partial charge in [0.25, 0.3) is 5.91 Å². The Kier molecular flexibility index (Phi) is 6.00. The molecule has 17 heavy (non-hydrogen) atoms. The quantitative estimate of drug-likeness (QED) is 0.807. The molecule has 0 aromatic heterocycles. The minimum atomic E-state index is -0.0665. The molecule has 0 unspecified atom stereocenters. The van der Waals surface area contributed by atoms with E-state index in [1.807, 2.05) is 0 Å². The van der Waals surface area contributed by atoms with Crippen molar-refractivity contribution in [3.63, 3.8) is 0 Å². The number of benzene rings is 1. The summed E-state index contributed by atoms with van der Waals surface area (Å²) in [7, 11) is 0. The second-order valence-electron chi connectivity index (χ2n) is 4.42. The van der Waals surface area contributed by atoms with Gasteiger partial charge in [-0.3, -0.25) is 4.79 Å². The fourth-order valence-electron chi connectivity index (χ4n) is 1.45. The van der Waals surface area contributed by atoms with Crippen molar-refractivity contribution in [1.82, 2.24) is 5.32 Å². The van der Waals surface area contributed by atoms with E-state index in [4.69, 9.17) is 11.6 Å². The van der Waals surface area contributed by atoms with Crippen LogP contribution in [0.25, 0.3) is 0 Å². The van der Waals surface area contributed by atoms with Crippen molar-refractivity contribution in [3.8, 4) is 0 Å². The molecule has 0 fully saturated rings. The van der Waals surface area contributed by atoms with Gasteiger partial charge < -0.3 is 5.32 Å². The maximum absolute atomic E-state index is 11.8. The number of amides is 1. The van der Waals surface area contributed by atoms with Crippen LogP contribution in [0.5, 0.6) is 0 Å².